The molecule has 7 N–H and O–H groups in total. The molecule has 2 atom stereocenters. The van der Waals surface area contributed by atoms with Crippen molar-refractivity contribution in [1.82, 2.24) is 10.6 Å². The minimum Gasteiger partial charge on any atom is -0.478 e. The number of para-hydroxylation sites is 1. The van der Waals surface area contributed by atoms with E-state index in [0.29, 0.717) is 6.42 Å². The van der Waals surface area contributed by atoms with Crippen molar-refractivity contribution in [3.8, 4) is 0 Å². The van der Waals surface area contributed by atoms with Crippen molar-refractivity contribution < 1.29 is 29.1 Å². The molecule has 11 heteroatoms. The Labute approximate surface area is 185 Å². The van der Waals surface area contributed by atoms with Crippen molar-refractivity contribution in [2.24, 2.45) is 17.4 Å². The van der Waals surface area contributed by atoms with Crippen LogP contribution in [0.4, 0.5) is 5.69 Å². The van der Waals surface area contributed by atoms with E-state index >= 15 is 0 Å². The molecule has 174 valence electrons. The number of anilines is 1. The summed E-state index contributed by atoms with van der Waals surface area (Å²) in [7, 11) is 0. The van der Waals surface area contributed by atoms with Crippen molar-refractivity contribution in [3.63, 3.8) is 0 Å². The molecule has 1 saturated heterocycles. The highest BCUT2D eigenvalue weighted by Gasteiger charge is 2.54. The number of carbonyl (C=O) groups excluding carboxylic acids is 4. The second-order valence-electron chi connectivity index (χ2n) is 8.07. The van der Waals surface area contributed by atoms with Gasteiger partial charge in [0.05, 0.1) is 17.8 Å². The molecule has 32 heavy (non-hydrogen) atoms. The number of nitrogens with one attached hydrogen (secondary N) is 2. The third kappa shape index (κ3) is 5.05. The highest BCUT2D eigenvalue weighted by Crippen LogP contribution is 2.36. The number of nitrogens with two attached hydrogens (primary N) is 2. The number of rotatable bonds is 9. The van der Waals surface area contributed by atoms with Crippen LogP contribution in [0.25, 0.3) is 0 Å². The van der Waals surface area contributed by atoms with Crippen LogP contribution in [0.5, 0.6) is 0 Å². The van der Waals surface area contributed by atoms with E-state index in [1.54, 1.807) is 6.07 Å². The van der Waals surface area contributed by atoms with E-state index in [-0.39, 0.29) is 36.6 Å². The lowest BCUT2D eigenvalue weighted by atomic mass is 9.91. The number of benzene rings is 1. The molecule has 1 aliphatic rings. The van der Waals surface area contributed by atoms with Gasteiger partial charge >= 0.3 is 5.97 Å². The second-order valence-corrected chi connectivity index (χ2v) is 8.07. The van der Waals surface area contributed by atoms with Gasteiger partial charge in [0.15, 0.2) is 5.54 Å². The highest BCUT2D eigenvalue weighted by atomic mass is 16.4. The first kappa shape index (κ1) is 24.8. The summed E-state index contributed by atoms with van der Waals surface area (Å²) in [5.41, 5.74) is 9.12. The number of imide groups is 1. The molecule has 0 aliphatic carbocycles. The Morgan fingerprint density at radius 3 is 2.41 bits per heavy atom. The van der Waals surface area contributed by atoms with Crippen LogP contribution in [-0.2, 0) is 19.2 Å². The first-order valence-electron chi connectivity index (χ1n) is 10.3. The van der Waals surface area contributed by atoms with Gasteiger partial charge in [0.1, 0.15) is 6.04 Å². The van der Waals surface area contributed by atoms with Gasteiger partial charge < -0.3 is 26.8 Å². The predicted octanol–water partition coefficient (Wildman–Crippen LogP) is -0.658. The molecule has 1 fully saturated rings. The number of hydrogen-bond acceptors (Lipinski definition) is 7. The zero-order valence-electron chi connectivity index (χ0n) is 18.1. The Bertz CT molecular complexity index is 918. The highest BCUT2D eigenvalue weighted by molar-refractivity contribution is 6.14. The molecular weight excluding hydrogens is 418 g/mol. The molecule has 0 spiro atoms. The SMILES string of the molecule is CC(C)C[C@H](NC(=O)[C@]1(C(N)=O)CCCN1c1ccccc1C(=O)O)C(=O)NC(=O)CN. The third-order valence-electron chi connectivity index (χ3n) is 5.37. The number of carbonyl (C=O) groups is 5. The fraction of sp³-hybridized carbons (Fsp3) is 0.476. The Balaban J connectivity index is 2.44. The molecule has 0 unspecified atom stereocenters. The molecule has 0 radical (unpaired) electrons. The molecule has 0 saturated carbocycles. The van der Waals surface area contributed by atoms with Gasteiger partial charge in [0, 0.05) is 6.54 Å². The van der Waals surface area contributed by atoms with E-state index in [2.05, 4.69) is 10.6 Å². The summed E-state index contributed by atoms with van der Waals surface area (Å²) in [6.07, 6.45) is 0.632. The topological polar surface area (TPSA) is 185 Å². The van der Waals surface area contributed by atoms with Gasteiger partial charge in [-0.05, 0) is 37.3 Å². The number of primary amides is 1. The van der Waals surface area contributed by atoms with Crippen LogP contribution in [0.2, 0.25) is 0 Å². The maximum absolute atomic E-state index is 13.4. The molecule has 1 aromatic rings. The molecular formula is C21H29N5O6. The largest absolute Gasteiger partial charge is 0.478 e. The average Bonchev–Trinajstić information content (AvgIpc) is 3.19. The van der Waals surface area contributed by atoms with Gasteiger partial charge in [0.25, 0.3) is 11.8 Å². The molecule has 0 aromatic heterocycles. The molecule has 2 rings (SSSR count). The summed E-state index contributed by atoms with van der Waals surface area (Å²) >= 11 is 0. The lowest BCUT2D eigenvalue weighted by Crippen LogP contribution is -2.66. The van der Waals surface area contributed by atoms with E-state index in [4.69, 9.17) is 11.5 Å². The molecule has 11 nitrogen and oxygen atoms in total. The first-order chi connectivity index (χ1) is 15.0. The summed E-state index contributed by atoms with van der Waals surface area (Å²) in [5, 5.41) is 14.2. The van der Waals surface area contributed by atoms with Gasteiger partial charge in [-0.25, -0.2) is 4.79 Å². The predicted molar refractivity (Wildman–Crippen MR) is 115 cm³/mol. The van der Waals surface area contributed by atoms with Crippen LogP contribution >= 0.6 is 0 Å². The van der Waals surface area contributed by atoms with Crippen molar-refractivity contribution in [2.45, 2.75) is 44.7 Å². The average molecular weight is 447 g/mol. The van der Waals surface area contributed by atoms with Gasteiger partial charge in [-0.15, -0.1) is 0 Å². The monoisotopic (exact) mass is 447 g/mol. The molecule has 1 aromatic carbocycles. The van der Waals surface area contributed by atoms with Crippen molar-refractivity contribution >= 4 is 35.3 Å². The number of carboxylic acid groups (broad SMARTS) is 1. The Kier molecular flexibility index (Phi) is 7.92. The minimum atomic E-state index is -1.89. The fourth-order valence-corrected chi connectivity index (χ4v) is 3.90. The summed E-state index contributed by atoms with van der Waals surface area (Å²) in [6, 6.07) is 4.88. The summed E-state index contributed by atoms with van der Waals surface area (Å²) < 4.78 is 0. The summed E-state index contributed by atoms with van der Waals surface area (Å²) in [6.45, 7) is 3.46. The molecule has 1 heterocycles. The first-order valence-corrected chi connectivity index (χ1v) is 10.3. The number of hydrogen-bond donors (Lipinski definition) is 5. The standard InChI is InChI=1S/C21H29N5O6/c1-12(2)10-14(17(28)25-16(27)11-22)24-20(32)21(19(23)31)8-5-9-26(21)15-7-4-3-6-13(15)18(29)30/h3-4,6-7,12,14H,5,8-11,22H2,1-2H3,(H2,23,31)(H,24,32)(H,29,30)(H,25,27,28)/t14-,21+/m0/s1. The number of nitrogens with zero attached hydrogens (tertiary/aromatic N) is 1. The normalized spacial score (nSPS) is 18.8. The van der Waals surface area contributed by atoms with E-state index in [9.17, 15) is 29.1 Å². The molecule has 0 bridgehead atoms. The van der Waals surface area contributed by atoms with Gasteiger partial charge in [-0.2, -0.15) is 0 Å². The zero-order chi connectivity index (χ0) is 24.1. The Morgan fingerprint density at radius 1 is 1.19 bits per heavy atom. The quantitative estimate of drug-likeness (QED) is 0.309. The van der Waals surface area contributed by atoms with Crippen molar-refractivity contribution in [2.75, 3.05) is 18.0 Å². The fourth-order valence-electron chi connectivity index (χ4n) is 3.90. The van der Waals surface area contributed by atoms with Crippen LogP contribution in [0.15, 0.2) is 24.3 Å². The zero-order valence-corrected chi connectivity index (χ0v) is 18.1. The van der Waals surface area contributed by atoms with Gasteiger partial charge in [-0.1, -0.05) is 26.0 Å². The van der Waals surface area contributed by atoms with Crippen LogP contribution < -0.4 is 27.0 Å². The Hall–Kier alpha value is -3.47. The van der Waals surface area contributed by atoms with Gasteiger partial charge in [0.2, 0.25) is 11.8 Å². The lowest BCUT2D eigenvalue weighted by molar-refractivity contribution is -0.139. The van der Waals surface area contributed by atoms with Crippen LogP contribution in [0.3, 0.4) is 0 Å². The van der Waals surface area contributed by atoms with Crippen LogP contribution in [0, 0.1) is 5.92 Å². The maximum atomic E-state index is 13.4. The van der Waals surface area contributed by atoms with Crippen LogP contribution in [-0.4, -0.2) is 59.4 Å². The smallest absolute Gasteiger partial charge is 0.337 e. The summed E-state index contributed by atoms with van der Waals surface area (Å²) in [5.74, 6) is -4.50. The second kappa shape index (κ2) is 10.2. The van der Waals surface area contributed by atoms with E-state index < -0.39 is 47.7 Å². The van der Waals surface area contributed by atoms with E-state index in [1.807, 2.05) is 13.8 Å². The van der Waals surface area contributed by atoms with Gasteiger partial charge in [-0.3, -0.25) is 24.5 Å². The number of carboxylic acids is 1. The number of aromatic carboxylic acids is 1. The maximum Gasteiger partial charge on any atom is 0.337 e. The number of amides is 4. The molecule has 4 amide bonds. The molecule has 1 aliphatic heterocycles. The van der Waals surface area contributed by atoms with Crippen molar-refractivity contribution in [1.29, 1.82) is 0 Å². The van der Waals surface area contributed by atoms with Crippen LogP contribution in [0.1, 0.15) is 43.5 Å². The minimum absolute atomic E-state index is 0.0315. The van der Waals surface area contributed by atoms with Crippen molar-refractivity contribution in [3.05, 3.63) is 29.8 Å². The summed E-state index contributed by atoms with van der Waals surface area (Å²) in [4.78, 5) is 63.3. The van der Waals surface area contributed by atoms with E-state index in [1.165, 1.54) is 23.1 Å². The Morgan fingerprint density at radius 2 is 1.84 bits per heavy atom. The third-order valence-corrected chi connectivity index (χ3v) is 5.37. The van der Waals surface area contributed by atoms with E-state index in [0.717, 1.165) is 0 Å². The lowest BCUT2D eigenvalue weighted by Gasteiger charge is -2.37.